The molecule has 1 aromatic heterocycles. The van der Waals surface area contributed by atoms with Crippen LogP contribution >= 0.6 is 11.6 Å². The predicted molar refractivity (Wildman–Crippen MR) is 108 cm³/mol. The van der Waals surface area contributed by atoms with Crippen molar-refractivity contribution in [3.63, 3.8) is 0 Å². The molecular weight excluding hydrogens is 362 g/mol. The van der Waals surface area contributed by atoms with Gasteiger partial charge in [-0.25, -0.2) is 4.98 Å². The molecule has 0 aliphatic carbocycles. The van der Waals surface area contributed by atoms with Gasteiger partial charge in [0.2, 0.25) is 0 Å². The van der Waals surface area contributed by atoms with Gasteiger partial charge in [0.15, 0.2) is 0 Å². The summed E-state index contributed by atoms with van der Waals surface area (Å²) in [5.74, 6) is 0.446. The first-order chi connectivity index (χ1) is 13.0. The van der Waals surface area contributed by atoms with Gasteiger partial charge in [-0.15, -0.1) is 0 Å². The number of carbonyl (C=O) groups excluding carboxylic acids is 1. The molecule has 3 aromatic rings. The molecule has 0 fully saturated rings. The lowest BCUT2D eigenvalue weighted by atomic mass is 10.1. The Morgan fingerprint density at radius 3 is 2.56 bits per heavy atom. The van der Waals surface area contributed by atoms with Crippen LogP contribution in [0.25, 0.3) is 0 Å². The van der Waals surface area contributed by atoms with Crippen LogP contribution in [-0.4, -0.2) is 18.0 Å². The maximum Gasteiger partial charge on any atom is 0.270 e. The number of methoxy groups -OCH3 is 1. The summed E-state index contributed by atoms with van der Waals surface area (Å²) in [7, 11) is 1.59. The first-order valence-corrected chi connectivity index (χ1v) is 8.83. The zero-order chi connectivity index (χ0) is 19.2. The van der Waals surface area contributed by atoms with E-state index in [-0.39, 0.29) is 5.91 Å². The Kier molecular flexibility index (Phi) is 5.94. The Hall–Kier alpha value is -3.05. The smallest absolute Gasteiger partial charge is 0.270 e. The molecule has 1 heterocycles. The van der Waals surface area contributed by atoms with Crippen molar-refractivity contribution in [1.82, 2.24) is 10.3 Å². The third-order valence-electron chi connectivity index (χ3n) is 4.01. The van der Waals surface area contributed by atoms with Gasteiger partial charge in [0, 0.05) is 11.6 Å². The highest BCUT2D eigenvalue weighted by Crippen LogP contribution is 2.30. The van der Waals surface area contributed by atoms with Crippen molar-refractivity contribution in [3.8, 4) is 5.75 Å². The molecule has 0 unspecified atom stereocenters. The summed E-state index contributed by atoms with van der Waals surface area (Å²) in [6.45, 7) is 2.49. The van der Waals surface area contributed by atoms with E-state index in [0.29, 0.717) is 23.0 Å². The molecule has 3 rings (SSSR count). The van der Waals surface area contributed by atoms with Crippen molar-refractivity contribution >= 4 is 28.9 Å². The summed E-state index contributed by atoms with van der Waals surface area (Å²) in [5, 5.41) is 6.66. The van der Waals surface area contributed by atoms with Crippen molar-refractivity contribution < 1.29 is 9.53 Å². The number of anilines is 2. The number of nitrogens with zero attached hydrogens (tertiary/aromatic N) is 1. The molecular formula is C21H20ClN3O2. The van der Waals surface area contributed by atoms with E-state index in [1.54, 1.807) is 43.6 Å². The zero-order valence-electron chi connectivity index (χ0n) is 15.1. The monoisotopic (exact) mass is 381 g/mol. The van der Waals surface area contributed by atoms with E-state index in [1.807, 2.05) is 31.2 Å². The molecule has 5 nitrogen and oxygen atoms in total. The van der Waals surface area contributed by atoms with E-state index in [4.69, 9.17) is 16.3 Å². The van der Waals surface area contributed by atoms with Gasteiger partial charge in [-0.3, -0.25) is 4.79 Å². The van der Waals surface area contributed by atoms with E-state index in [9.17, 15) is 4.79 Å². The molecule has 138 valence electrons. The van der Waals surface area contributed by atoms with Gasteiger partial charge < -0.3 is 15.4 Å². The van der Waals surface area contributed by atoms with E-state index >= 15 is 0 Å². The van der Waals surface area contributed by atoms with Gasteiger partial charge in [-0.2, -0.15) is 0 Å². The van der Waals surface area contributed by atoms with Crippen molar-refractivity contribution in [2.75, 3.05) is 12.4 Å². The van der Waals surface area contributed by atoms with Crippen LogP contribution in [0.1, 0.15) is 21.6 Å². The van der Waals surface area contributed by atoms with Crippen molar-refractivity contribution in [1.29, 1.82) is 0 Å². The second-order valence-corrected chi connectivity index (χ2v) is 6.51. The fourth-order valence-corrected chi connectivity index (χ4v) is 2.69. The molecule has 1 amide bonds. The van der Waals surface area contributed by atoms with Gasteiger partial charge in [0.25, 0.3) is 5.91 Å². The van der Waals surface area contributed by atoms with Gasteiger partial charge in [-0.05, 0) is 42.8 Å². The highest BCUT2D eigenvalue weighted by Gasteiger charge is 2.08. The summed E-state index contributed by atoms with van der Waals surface area (Å²) in [6.07, 6.45) is 1.60. The van der Waals surface area contributed by atoms with Gasteiger partial charge in [0.05, 0.1) is 24.7 Å². The minimum absolute atomic E-state index is 0.220. The minimum Gasteiger partial charge on any atom is -0.495 e. The van der Waals surface area contributed by atoms with Gasteiger partial charge >= 0.3 is 0 Å². The Bertz CT molecular complexity index is 925. The number of benzene rings is 2. The fraction of sp³-hybridized carbons (Fsp3) is 0.143. The first kappa shape index (κ1) is 18.7. The number of pyridine rings is 1. The average Bonchev–Trinajstić information content (AvgIpc) is 2.68. The summed E-state index contributed by atoms with van der Waals surface area (Å²) >= 11 is 6.04. The van der Waals surface area contributed by atoms with Gasteiger partial charge in [0.1, 0.15) is 11.4 Å². The maximum atomic E-state index is 12.3. The van der Waals surface area contributed by atoms with Crippen molar-refractivity contribution in [2.24, 2.45) is 0 Å². The molecule has 0 saturated carbocycles. The van der Waals surface area contributed by atoms with E-state index in [2.05, 4.69) is 15.6 Å². The average molecular weight is 382 g/mol. The topological polar surface area (TPSA) is 63.2 Å². The number of rotatable bonds is 6. The molecule has 0 aliphatic rings. The molecule has 2 N–H and O–H groups in total. The highest BCUT2D eigenvalue weighted by atomic mass is 35.5. The summed E-state index contributed by atoms with van der Waals surface area (Å²) in [6, 6.07) is 16.8. The Morgan fingerprint density at radius 1 is 1.11 bits per heavy atom. The number of aryl methyl sites for hydroxylation is 1. The first-order valence-electron chi connectivity index (χ1n) is 8.45. The lowest BCUT2D eigenvalue weighted by molar-refractivity contribution is 0.0946. The third-order valence-corrected chi connectivity index (χ3v) is 4.25. The van der Waals surface area contributed by atoms with E-state index in [1.165, 1.54) is 5.56 Å². The number of aromatic nitrogens is 1. The molecule has 0 aliphatic heterocycles. The molecule has 0 atom stereocenters. The van der Waals surface area contributed by atoms with Crippen molar-refractivity contribution in [2.45, 2.75) is 13.5 Å². The largest absolute Gasteiger partial charge is 0.495 e. The van der Waals surface area contributed by atoms with Crippen LogP contribution in [0.15, 0.2) is 60.8 Å². The lowest BCUT2D eigenvalue weighted by Crippen LogP contribution is -2.23. The van der Waals surface area contributed by atoms with Crippen LogP contribution in [-0.2, 0) is 6.54 Å². The molecule has 27 heavy (non-hydrogen) atoms. The Morgan fingerprint density at radius 2 is 1.89 bits per heavy atom. The zero-order valence-corrected chi connectivity index (χ0v) is 15.9. The summed E-state index contributed by atoms with van der Waals surface area (Å²) < 4.78 is 5.31. The number of amides is 1. The lowest BCUT2D eigenvalue weighted by Gasteiger charge is -2.11. The molecule has 0 radical (unpaired) electrons. The highest BCUT2D eigenvalue weighted by molar-refractivity contribution is 6.31. The van der Waals surface area contributed by atoms with Crippen LogP contribution in [0.4, 0.5) is 11.4 Å². The van der Waals surface area contributed by atoms with E-state index < -0.39 is 0 Å². The number of hydrogen-bond acceptors (Lipinski definition) is 4. The Balaban J connectivity index is 1.63. The molecule has 2 aromatic carbocycles. The van der Waals surface area contributed by atoms with E-state index in [0.717, 1.165) is 16.9 Å². The molecule has 6 heteroatoms. The summed E-state index contributed by atoms with van der Waals surface area (Å²) in [5.41, 5.74) is 4.03. The minimum atomic E-state index is -0.220. The number of nitrogens with one attached hydrogen (secondary N) is 2. The molecule has 0 bridgehead atoms. The standard InChI is InChI=1S/C21H20ClN3O2/c1-14-3-5-15(6-4-14)12-24-21(26)18-9-8-17(13-23-18)25-19-11-16(22)7-10-20(19)27-2/h3-11,13,25H,12H2,1-2H3,(H,24,26). The van der Waals surface area contributed by atoms with Crippen LogP contribution < -0.4 is 15.4 Å². The van der Waals surface area contributed by atoms with Crippen LogP contribution in [0.5, 0.6) is 5.75 Å². The SMILES string of the molecule is COc1ccc(Cl)cc1Nc1ccc(C(=O)NCc2ccc(C)cc2)nc1. The second kappa shape index (κ2) is 8.56. The normalized spacial score (nSPS) is 10.3. The number of halogens is 1. The van der Waals surface area contributed by atoms with Crippen LogP contribution in [0.3, 0.4) is 0 Å². The number of ether oxygens (including phenoxy) is 1. The van der Waals surface area contributed by atoms with Crippen molar-refractivity contribution in [3.05, 3.63) is 82.6 Å². The molecule has 0 spiro atoms. The van der Waals surface area contributed by atoms with Crippen LogP contribution in [0.2, 0.25) is 5.02 Å². The summed E-state index contributed by atoms with van der Waals surface area (Å²) in [4.78, 5) is 16.5. The number of hydrogen-bond donors (Lipinski definition) is 2. The Labute approximate surface area is 163 Å². The third kappa shape index (κ3) is 4.99. The molecule has 0 saturated heterocycles. The van der Waals surface area contributed by atoms with Crippen LogP contribution in [0, 0.1) is 6.92 Å². The predicted octanol–water partition coefficient (Wildman–Crippen LogP) is 4.73. The second-order valence-electron chi connectivity index (χ2n) is 6.07. The quantitative estimate of drug-likeness (QED) is 0.648. The van der Waals surface area contributed by atoms with Gasteiger partial charge in [-0.1, -0.05) is 41.4 Å². The number of carbonyl (C=O) groups is 1. The fourth-order valence-electron chi connectivity index (χ4n) is 2.51. The maximum absolute atomic E-state index is 12.3.